The van der Waals surface area contributed by atoms with E-state index in [1.807, 2.05) is 66.7 Å². The van der Waals surface area contributed by atoms with E-state index < -0.39 is 40.4 Å². The second kappa shape index (κ2) is 9.05. The van der Waals surface area contributed by atoms with Crippen LogP contribution in [0.4, 0.5) is 4.39 Å². The molecule has 0 aromatic heterocycles. The molecule has 162 valence electrons. The van der Waals surface area contributed by atoms with Crippen molar-refractivity contribution < 1.29 is 17.9 Å². The number of aliphatic hydroxyl groups excluding tert-OH is 1. The maximum absolute atomic E-state index is 13.3. The highest BCUT2D eigenvalue weighted by Gasteiger charge is 2.55. The molecule has 5 nitrogen and oxygen atoms in total. The Kier molecular flexibility index (Phi) is 6.19. The molecule has 1 heterocycles. The van der Waals surface area contributed by atoms with E-state index in [0.717, 1.165) is 45.3 Å². The fourth-order valence-electron chi connectivity index (χ4n) is 4.11. The molecule has 1 aliphatic heterocycles. The van der Waals surface area contributed by atoms with Gasteiger partial charge in [0.05, 0.1) is 23.6 Å². The van der Waals surface area contributed by atoms with Gasteiger partial charge in [-0.15, -0.1) is 0 Å². The predicted molar refractivity (Wildman–Crippen MR) is 120 cm³/mol. The summed E-state index contributed by atoms with van der Waals surface area (Å²) in [6.07, 6.45) is 3.87. The standard InChI is InChI=1S/C25H21FN2O3S/c26-20-12-14-21(15-13-20)32(30,31)28-23(16-27)25(24(28)17-29)22-9-5-4-8-19(22)11-10-18-6-2-1-3-7-18/h1-15,23-25,29H,17H2/b11-10+/t23-,24+,25+/m1/s1. The van der Waals surface area contributed by atoms with Gasteiger partial charge in [0.1, 0.15) is 11.9 Å². The molecular formula is C25H21FN2O3S. The number of aliphatic hydroxyl groups is 1. The van der Waals surface area contributed by atoms with Crippen LogP contribution in [0.25, 0.3) is 12.2 Å². The van der Waals surface area contributed by atoms with Crippen molar-refractivity contribution >= 4 is 22.2 Å². The molecule has 32 heavy (non-hydrogen) atoms. The molecule has 1 fully saturated rings. The molecule has 3 aromatic carbocycles. The fourth-order valence-corrected chi connectivity index (χ4v) is 5.87. The van der Waals surface area contributed by atoms with Crippen LogP contribution in [0.3, 0.4) is 0 Å². The first-order chi connectivity index (χ1) is 15.5. The first-order valence-electron chi connectivity index (χ1n) is 10.1. The molecule has 3 atom stereocenters. The first-order valence-corrected chi connectivity index (χ1v) is 11.5. The summed E-state index contributed by atoms with van der Waals surface area (Å²) in [4.78, 5) is -0.117. The van der Waals surface area contributed by atoms with Crippen molar-refractivity contribution in [3.05, 3.63) is 101 Å². The normalized spacial score (nSPS) is 21.2. The van der Waals surface area contributed by atoms with Gasteiger partial charge >= 0.3 is 0 Å². The highest BCUT2D eigenvalue weighted by molar-refractivity contribution is 7.89. The van der Waals surface area contributed by atoms with E-state index in [-0.39, 0.29) is 4.90 Å². The predicted octanol–water partition coefficient (Wildman–Crippen LogP) is 4.04. The maximum atomic E-state index is 13.3. The van der Waals surface area contributed by atoms with Crippen molar-refractivity contribution in [3.63, 3.8) is 0 Å². The summed E-state index contributed by atoms with van der Waals surface area (Å²) in [6, 6.07) is 21.9. The van der Waals surface area contributed by atoms with Crippen LogP contribution in [0.5, 0.6) is 0 Å². The molecule has 0 aliphatic carbocycles. The summed E-state index contributed by atoms with van der Waals surface area (Å²) in [5, 5.41) is 19.9. The third kappa shape index (κ3) is 3.96. The Morgan fingerprint density at radius 1 is 0.969 bits per heavy atom. The quantitative estimate of drug-likeness (QED) is 0.577. The lowest BCUT2D eigenvalue weighted by molar-refractivity contribution is 0.0556. The minimum atomic E-state index is -4.08. The van der Waals surface area contributed by atoms with Crippen molar-refractivity contribution in [2.45, 2.75) is 22.9 Å². The zero-order chi connectivity index (χ0) is 22.7. The average Bonchev–Trinajstić information content (AvgIpc) is 2.79. The van der Waals surface area contributed by atoms with Gasteiger partial charge in [-0.2, -0.15) is 9.57 Å². The Morgan fingerprint density at radius 2 is 1.62 bits per heavy atom. The largest absolute Gasteiger partial charge is 0.395 e. The molecule has 1 saturated heterocycles. The van der Waals surface area contributed by atoms with Crippen molar-refractivity contribution in [2.75, 3.05) is 6.61 Å². The minimum Gasteiger partial charge on any atom is -0.395 e. The molecule has 0 unspecified atom stereocenters. The molecule has 0 spiro atoms. The molecule has 1 aliphatic rings. The second-order valence-electron chi connectivity index (χ2n) is 7.51. The average molecular weight is 449 g/mol. The Bertz CT molecular complexity index is 1270. The third-order valence-corrected chi connectivity index (χ3v) is 7.60. The monoisotopic (exact) mass is 448 g/mol. The smallest absolute Gasteiger partial charge is 0.244 e. The van der Waals surface area contributed by atoms with Crippen LogP contribution < -0.4 is 0 Å². The number of halogens is 1. The van der Waals surface area contributed by atoms with Crippen LogP contribution in [-0.4, -0.2) is 36.5 Å². The molecule has 4 rings (SSSR count). The van der Waals surface area contributed by atoms with Crippen LogP contribution in [-0.2, 0) is 10.0 Å². The van der Waals surface area contributed by atoms with Gasteiger partial charge in [-0.05, 0) is 41.0 Å². The Hall–Kier alpha value is -3.31. The van der Waals surface area contributed by atoms with Crippen molar-refractivity contribution in [3.8, 4) is 6.07 Å². The van der Waals surface area contributed by atoms with Crippen molar-refractivity contribution in [1.82, 2.24) is 4.31 Å². The summed E-state index contributed by atoms with van der Waals surface area (Å²) >= 11 is 0. The van der Waals surface area contributed by atoms with Crippen molar-refractivity contribution in [2.24, 2.45) is 0 Å². The molecule has 1 N–H and O–H groups in total. The van der Waals surface area contributed by atoms with Gasteiger partial charge < -0.3 is 5.11 Å². The van der Waals surface area contributed by atoms with Crippen LogP contribution >= 0.6 is 0 Å². The van der Waals surface area contributed by atoms with Gasteiger partial charge in [-0.1, -0.05) is 66.7 Å². The lowest BCUT2D eigenvalue weighted by Gasteiger charge is -2.50. The van der Waals surface area contributed by atoms with E-state index in [1.165, 1.54) is 0 Å². The first kappa shape index (κ1) is 21.9. The SMILES string of the molecule is N#C[C@@H]1[C@H](c2ccccc2/C=C/c2ccccc2)[C@H](CO)N1S(=O)(=O)c1ccc(F)cc1. The summed E-state index contributed by atoms with van der Waals surface area (Å²) in [5.74, 6) is -1.06. The van der Waals surface area contributed by atoms with Crippen LogP contribution in [0.15, 0.2) is 83.8 Å². The zero-order valence-electron chi connectivity index (χ0n) is 17.0. The van der Waals surface area contributed by atoms with E-state index in [4.69, 9.17) is 0 Å². The lowest BCUT2D eigenvalue weighted by atomic mass is 9.76. The molecule has 0 radical (unpaired) electrons. The van der Waals surface area contributed by atoms with Gasteiger partial charge in [0.2, 0.25) is 10.0 Å². The van der Waals surface area contributed by atoms with Gasteiger partial charge in [-0.3, -0.25) is 0 Å². The van der Waals surface area contributed by atoms with Crippen molar-refractivity contribution in [1.29, 1.82) is 5.26 Å². The molecule has 0 bridgehead atoms. The van der Waals surface area contributed by atoms with E-state index in [0.29, 0.717) is 0 Å². The molecule has 7 heteroatoms. The summed E-state index contributed by atoms with van der Waals surface area (Å²) in [7, 11) is -4.08. The van der Waals surface area contributed by atoms with E-state index in [9.17, 15) is 23.2 Å². The van der Waals surface area contributed by atoms with Crippen LogP contribution in [0.2, 0.25) is 0 Å². The van der Waals surface area contributed by atoms with Crippen LogP contribution in [0, 0.1) is 17.1 Å². The molecule has 3 aromatic rings. The number of hydrogen-bond acceptors (Lipinski definition) is 4. The zero-order valence-corrected chi connectivity index (χ0v) is 17.9. The Labute approximate surface area is 186 Å². The topological polar surface area (TPSA) is 81.4 Å². The highest BCUT2D eigenvalue weighted by atomic mass is 32.2. The third-order valence-electron chi connectivity index (χ3n) is 5.67. The fraction of sp³-hybridized carbons (Fsp3) is 0.160. The number of nitrogens with zero attached hydrogens (tertiary/aromatic N) is 2. The maximum Gasteiger partial charge on any atom is 0.244 e. The van der Waals surface area contributed by atoms with Gasteiger partial charge in [0.25, 0.3) is 0 Å². The van der Waals surface area contributed by atoms with Gasteiger partial charge in [0.15, 0.2) is 0 Å². The molecule has 0 saturated carbocycles. The van der Waals surface area contributed by atoms with E-state index in [1.54, 1.807) is 0 Å². The summed E-state index contributed by atoms with van der Waals surface area (Å²) in [5.41, 5.74) is 2.64. The summed E-state index contributed by atoms with van der Waals surface area (Å²) in [6.45, 7) is -0.444. The minimum absolute atomic E-state index is 0.117. The second-order valence-corrected chi connectivity index (χ2v) is 9.35. The number of nitriles is 1. The van der Waals surface area contributed by atoms with E-state index >= 15 is 0 Å². The van der Waals surface area contributed by atoms with Gasteiger partial charge in [-0.25, -0.2) is 12.8 Å². The number of benzene rings is 3. The molecule has 0 amide bonds. The lowest BCUT2D eigenvalue weighted by Crippen LogP contribution is -2.65. The number of sulfonamides is 1. The number of rotatable bonds is 6. The Balaban J connectivity index is 1.69. The van der Waals surface area contributed by atoms with Gasteiger partial charge in [0, 0.05) is 5.92 Å². The van der Waals surface area contributed by atoms with Crippen LogP contribution in [0.1, 0.15) is 22.6 Å². The summed E-state index contributed by atoms with van der Waals surface area (Å²) < 4.78 is 40.6. The number of hydrogen-bond donors (Lipinski definition) is 1. The van der Waals surface area contributed by atoms with E-state index in [2.05, 4.69) is 6.07 Å². The molecular weight excluding hydrogens is 427 g/mol. The Morgan fingerprint density at radius 3 is 2.28 bits per heavy atom. The highest BCUT2D eigenvalue weighted by Crippen LogP contribution is 2.45.